The first-order valence-electron chi connectivity index (χ1n) is 5.46. The molecule has 2 heteroatoms. The smallest absolute Gasteiger partial charge is 0.194 e. The number of hydrogen-bond acceptors (Lipinski definition) is 2. The summed E-state index contributed by atoms with van der Waals surface area (Å²) in [7, 11) is 0. The lowest BCUT2D eigenvalue weighted by molar-refractivity contribution is -0.0426. The molecule has 1 heterocycles. The molecule has 1 unspecified atom stereocenters. The standard InChI is InChI=1S/C13H16O2/c1-13(9-5-6-10-15-13)12(14)11-7-3-2-4-8-11/h2-4,7-8H,5-6,9-10H2,1H3. The number of ketones is 1. The molecular formula is C13H16O2. The van der Waals surface area contributed by atoms with Crippen molar-refractivity contribution in [3.63, 3.8) is 0 Å². The molecule has 0 spiro atoms. The number of Topliss-reactive ketones (excluding diaryl/α,β-unsaturated/α-hetero) is 1. The largest absolute Gasteiger partial charge is 0.367 e. The van der Waals surface area contributed by atoms with Crippen LogP contribution >= 0.6 is 0 Å². The quantitative estimate of drug-likeness (QED) is 0.692. The van der Waals surface area contributed by atoms with Crippen molar-refractivity contribution in [3.05, 3.63) is 35.9 Å². The Bertz CT molecular complexity index is 337. The van der Waals surface area contributed by atoms with Gasteiger partial charge in [0.05, 0.1) is 0 Å². The predicted octanol–water partition coefficient (Wildman–Crippen LogP) is 2.83. The van der Waals surface area contributed by atoms with E-state index in [9.17, 15) is 4.79 Å². The van der Waals surface area contributed by atoms with Crippen LogP contribution in [-0.2, 0) is 4.74 Å². The van der Waals surface area contributed by atoms with Gasteiger partial charge in [0, 0.05) is 12.2 Å². The first kappa shape index (κ1) is 10.4. The lowest BCUT2D eigenvalue weighted by Crippen LogP contribution is -2.41. The molecule has 2 nitrogen and oxygen atoms in total. The Morgan fingerprint density at radius 3 is 2.60 bits per heavy atom. The Kier molecular flexibility index (Phi) is 2.87. The van der Waals surface area contributed by atoms with Crippen LogP contribution in [0.3, 0.4) is 0 Å². The van der Waals surface area contributed by atoms with Crippen LogP contribution in [0.25, 0.3) is 0 Å². The molecule has 1 atom stereocenters. The molecule has 0 aromatic heterocycles. The normalized spacial score (nSPS) is 26.2. The van der Waals surface area contributed by atoms with Gasteiger partial charge >= 0.3 is 0 Å². The topological polar surface area (TPSA) is 26.3 Å². The molecule has 0 bridgehead atoms. The van der Waals surface area contributed by atoms with E-state index in [0.717, 1.165) is 24.8 Å². The van der Waals surface area contributed by atoms with Crippen LogP contribution in [0.2, 0.25) is 0 Å². The number of ether oxygens (including phenoxy) is 1. The molecule has 0 aliphatic carbocycles. The molecule has 1 fully saturated rings. The lowest BCUT2D eigenvalue weighted by atomic mass is 9.88. The van der Waals surface area contributed by atoms with Crippen LogP contribution in [0.5, 0.6) is 0 Å². The van der Waals surface area contributed by atoms with E-state index in [0.29, 0.717) is 6.61 Å². The maximum absolute atomic E-state index is 12.2. The highest BCUT2D eigenvalue weighted by molar-refractivity contribution is 6.02. The molecule has 1 saturated heterocycles. The Labute approximate surface area is 90.3 Å². The molecule has 0 radical (unpaired) electrons. The summed E-state index contributed by atoms with van der Waals surface area (Å²) in [6.45, 7) is 2.61. The summed E-state index contributed by atoms with van der Waals surface area (Å²) in [5.41, 5.74) is 0.154. The third-order valence-corrected chi connectivity index (χ3v) is 2.99. The van der Waals surface area contributed by atoms with Crippen molar-refractivity contribution in [2.24, 2.45) is 0 Å². The average molecular weight is 204 g/mol. The van der Waals surface area contributed by atoms with E-state index in [1.807, 2.05) is 37.3 Å². The first-order valence-corrected chi connectivity index (χ1v) is 5.46. The lowest BCUT2D eigenvalue weighted by Gasteiger charge is -2.32. The molecule has 1 aromatic carbocycles. The Morgan fingerprint density at radius 1 is 1.27 bits per heavy atom. The van der Waals surface area contributed by atoms with Crippen molar-refractivity contribution in [2.45, 2.75) is 31.8 Å². The van der Waals surface area contributed by atoms with Gasteiger partial charge in [-0.1, -0.05) is 30.3 Å². The monoisotopic (exact) mass is 204 g/mol. The van der Waals surface area contributed by atoms with Crippen LogP contribution in [0.1, 0.15) is 36.5 Å². The van der Waals surface area contributed by atoms with Gasteiger partial charge < -0.3 is 4.74 Å². The molecule has 15 heavy (non-hydrogen) atoms. The predicted molar refractivity (Wildman–Crippen MR) is 59.0 cm³/mol. The number of benzene rings is 1. The minimum atomic E-state index is -0.598. The average Bonchev–Trinajstić information content (AvgIpc) is 2.30. The van der Waals surface area contributed by atoms with Gasteiger partial charge in [0.1, 0.15) is 5.60 Å². The highest BCUT2D eigenvalue weighted by atomic mass is 16.5. The summed E-state index contributed by atoms with van der Waals surface area (Å²) < 4.78 is 5.63. The van der Waals surface area contributed by atoms with Gasteiger partial charge in [-0.3, -0.25) is 4.79 Å². The van der Waals surface area contributed by atoms with Crippen molar-refractivity contribution < 1.29 is 9.53 Å². The number of hydrogen-bond donors (Lipinski definition) is 0. The molecule has 0 amide bonds. The van der Waals surface area contributed by atoms with Gasteiger partial charge in [-0.15, -0.1) is 0 Å². The zero-order valence-corrected chi connectivity index (χ0v) is 9.03. The van der Waals surface area contributed by atoms with Crippen molar-refractivity contribution in [1.82, 2.24) is 0 Å². The molecule has 0 saturated carbocycles. The summed E-state index contributed by atoms with van der Waals surface area (Å²) in [5.74, 6) is 0.114. The molecule has 1 aliphatic heterocycles. The highest BCUT2D eigenvalue weighted by Gasteiger charge is 2.36. The van der Waals surface area contributed by atoms with Crippen molar-refractivity contribution >= 4 is 5.78 Å². The van der Waals surface area contributed by atoms with Gasteiger partial charge in [0.15, 0.2) is 5.78 Å². The fourth-order valence-electron chi connectivity index (χ4n) is 2.01. The van der Waals surface area contributed by atoms with E-state index < -0.39 is 5.60 Å². The second-order valence-electron chi connectivity index (χ2n) is 4.23. The SMILES string of the molecule is CC1(C(=O)c2ccccc2)CCCCO1. The highest BCUT2D eigenvalue weighted by Crippen LogP contribution is 2.28. The fourth-order valence-corrected chi connectivity index (χ4v) is 2.01. The zero-order valence-electron chi connectivity index (χ0n) is 9.03. The van der Waals surface area contributed by atoms with E-state index >= 15 is 0 Å². The number of rotatable bonds is 2. The van der Waals surface area contributed by atoms with Gasteiger partial charge in [0.25, 0.3) is 0 Å². The van der Waals surface area contributed by atoms with E-state index in [1.54, 1.807) is 0 Å². The van der Waals surface area contributed by atoms with E-state index in [2.05, 4.69) is 0 Å². The van der Waals surface area contributed by atoms with Crippen LogP contribution in [0.15, 0.2) is 30.3 Å². The molecule has 1 aliphatic rings. The van der Waals surface area contributed by atoms with Gasteiger partial charge in [-0.05, 0) is 26.2 Å². The summed E-state index contributed by atoms with van der Waals surface area (Å²) in [5, 5.41) is 0. The Hall–Kier alpha value is -1.15. The summed E-state index contributed by atoms with van der Waals surface area (Å²) >= 11 is 0. The summed E-state index contributed by atoms with van der Waals surface area (Å²) in [6, 6.07) is 9.40. The number of carbonyl (C=O) groups is 1. The van der Waals surface area contributed by atoms with Crippen molar-refractivity contribution in [3.8, 4) is 0 Å². The first-order chi connectivity index (χ1) is 7.22. The number of carbonyl (C=O) groups excluding carboxylic acids is 1. The van der Waals surface area contributed by atoms with Crippen LogP contribution in [0, 0.1) is 0 Å². The molecule has 0 N–H and O–H groups in total. The van der Waals surface area contributed by atoms with E-state index in [4.69, 9.17) is 4.74 Å². The second kappa shape index (κ2) is 4.15. The van der Waals surface area contributed by atoms with Crippen molar-refractivity contribution in [1.29, 1.82) is 0 Å². The summed E-state index contributed by atoms with van der Waals surface area (Å²) in [4.78, 5) is 12.2. The van der Waals surface area contributed by atoms with Crippen LogP contribution < -0.4 is 0 Å². The van der Waals surface area contributed by atoms with Gasteiger partial charge in [-0.2, -0.15) is 0 Å². The summed E-state index contributed by atoms with van der Waals surface area (Å²) in [6.07, 6.45) is 2.98. The molecule has 80 valence electrons. The van der Waals surface area contributed by atoms with E-state index in [-0.39, 0.29) is 5.78 Å². The maximum Gasteiger partial charge on any atom is 0.194 e. The minimum Gasteiger partial charge on any atom is -0.367 e. The Balaban J connectivity index is 2.20. The van der Waals surface area contributed by atoms with Gasteiger partial charge in [-0.25, -0.2) is 0 Å². The van der Waals surface area contributed by atoms with Gasteiger partial charge in [0.2, 0.25) is 0 Å². The maximum atomic E-state index is 12.2. The molecule has 1 aromatic rings. The van der Waals surface area contributed by atoms with E-state index in [1.165, 1.54) is 0 Å². The Morgan fingerprint density at radius 2 is 2.00 bits per heavy atom. The second-order valence-corrected chi connectivity index (χ2v) is 4.23. The minimum absolute atomic E-state index is 0.114. The van der Waals surface area contributed by atoms with Crippen LogP contribution in [-0.4, -0.2) is 18.0 Å². The fraction of sp³-hybridized carbons (Fsp3) is 0.462. The third kappa shape index (κ3) is 2.10. The zero-order chi connectivity index (χ0) is 10.7. The molecule has 2 rings (SSSR count). The third-order valence-electron chi connectivity index (χ3n) is 2.99. The van der Waals surface area contributed by atoms with Crippen molar-refractivity contribution in [2.75, 3.05) is 6.61 Å². The molecular weight excluding hydrogens is 188 g/mol. The van der Waals surface area contributed by atoms with Crippen LogP contribution in [0.4, 0.5) is 0 Å².